The molecule has 0 aliphatic heterocycles. The van der Waals surface area contributed by atoms with Crippen LogP contribution < -0.4 is 5.73 Å². The number of hydrogen-bond donors (Lipinski definition) is 2. The van der Waals surface area contributed by atoms with E-state index in [0.29, 0.717) is 0 Å². The van der Waals surface area contributed by atoms with Crippen molar-refractivity contribution in [3.8, 4) is 0 Å². The molecule has 0 rings (SSSR count). The van der Waals surface area contributed by atoms with Crippen LogP contribution in [0.15, 0.2) is 0 Å². The number of carboxylic acids is 1. The highest BCUT2D eigenvalue weighted by Crippen LogP contribution is 2.13. The van der Waals surface area contributed by atoms with Crippen molar-refractivity contribution >= 4 is 5.97 Å². The average Bonchev–Trinajstić information content (AvgIpc) is 1.87. The molecule has 1 atom stereocenters. The monoisotopic (exact) mass is 189 g/mol. The van der Waals surface area contributed by atoms with Crippen molar-refractivity contribution in [2.24, 2.45) is 5.73 Å². The maximum atomic E-state index is 10.6. The summed E-state index contributed by atoms with van der Waals surface area (Å²) >= 11 is 0. The van der Waals surface area contributed by atoms with Gasteiger partial charge in [0.25, 0.3) is 0 Å². The van der Waals surface area contributed by atoms with Crippen molar-refractivity contribution in [3.05, 3.63) is 0 Å². The van der Waals surface area contributed by atoms with E-state index in [0.717, 1.165) is 0 Å². The Bertz CT molecular complexity index is 134. The van der Waals surface area contributed by atoms with Gasteiger partial charge >= 0.3 is 12.1 Å². The third-order valence-corrected chi connectivity index (χ3v) is 0.614. The Morgan fingerprint density at radius 3 is 1.75 bits per heavy atom. The summed E-state index contributed by atoms with van der Waals surface area (Å²) < 4.78 is 36.3. The first-order valence-electron chi connectivity index (χ1n) is 2.80. The highest BCUT2D eigenvalue weighted by molar-refractivity contribution is 5.73. The Morgan fingerprint density at radius 1 is 1.58 bits per heavy atom. The van der Waals surface area contributed by atoms with Crippen LogP contribution in [0.3, 0.4) is 0 Å². The topological polar surface area (TPSA) is 72.5 Å². The Balaban J connectivity index is 0. The number of aliphatic carboxylic acids is 1. The average molecular weight is 189 g/mol. The van der Waals surface area contributed by atoms with Gasteiger partial charge in [0.2, 0.25) is 0 Å². The van der Waals surface area contributed by atoms with Crippen LogP contribution in [-0.4, -0.2) is 30.6 Å². The summed E-state index contributed by atoms with van der Waals surface area (Å²) in [5, 5.41) is 7.12. The fraction of sp³-hybridized carbons (Fsp3) is 0.800. The molecule has 0 heterocycles. The zero-order chi connectivity index (χ0) is 10.4. The number of nitrogens with two attached hydrogens (primary N) is 1. The molecule has 74 valence electrons. The van der Waals surface area contributed by atoms with E-state index in [1.165, 1.54) is 0 Å². The summed E-state index contributed by atoms with van der Waals surface area (Å²) in [6.45, 7) is 1.78. The highest BCUT2D eigenvalue weighted by Gasteiger charge is 2.38. The third kappa shape index (κ3) is 11.9. The quantitative estimate of drug-likeness (QED) is 0.591. The zero-order valence-electron chi connectivity index (χ0n) is 6.55. The molecule has 1 unspecified atom stereocenters. The molecular formula is C5H10F3NO3. The molecule has 4 nitrogen and oxygen atoms in total. The molecule has 0 bridgehead atoms. The second-order valence-corrected chi connectivity index (χ2v) is 1.74. The molecule has 0 aromatic carbocycles. The summed E-state index contributed by atoms with van der Waals surface area (Å²) in [6, 6.07) is 0. The third-order valence-electron chi connectivity index (χ3n) is 0.614. The molecular weight excluding hydrogens is 179 g/mol. The van der Waals surface area contributed by atoms with Crippen molar-refractivity contribution < 1.29 is 27.8 Å². The molecule has 0 radical (unpaired) electrons. The maximum absolute atomic E-state index is 10.6. The Kier molecular flexibility index (Phi) is 6.63. The van der Waals surface area contributed by atoms with E-state index >= 15 is 0 Å². The number of alkyl halides is 3. The molecule has 0 aromatic heterocycles. The Morgan fingerprint density at radius 2 is 1.75 bits per heavy atom. The number of methoxy groups -OCH3 is 1. The molecule has 0 saturated heterocycles. The first kappa shape index (κ1) is 13.7. The summed E-state index contributed by atoms with van der Waals surface area (Å²) in [7, 11) is 1.57. The van der Waals surface area contributed by atoms with Crippen LogP contribution in [0.1, 0.15) is 6.92 Å². The van der Waals surface area contributed by atoms with Gasteiger partial charge in [0.15, 0.2) is 0 Å². The minimum absolute atomic E-state index is 0.116. The molecule has 12 heavy (non-hydrogen) atoms. The molecule has 0 fully saturated rings. The van der Waals surface area contributed by atoms with Gasteiger partial charge in [-0.2, -0.15) is 13.2 Å². The van der Waals surface area contributed by atoms with Crippen LogP contribution in [0.4, 0.5) is 13.2 Å². The minimum Gasteiger partial charge on any atom is -0.475 e. The first-order valence-corrected chi connectivity index (χ1v) is 2.80. The van der Waals surface area contributed by atoms with Gasteiger partial charge in [-0.1, -0.05) is 0 Å². The van der Waals surface area contributed by atoms with Gasteiger partial charge in [-0.25, -0.2) is 4.79 Å². The fourth-order valence-electron chi connectivity index (χ4n) is 0. The smallest absolute Gasteiger partial charge is 0.475 e. The summed E-state index contributed by atoms with van der Waals surface area (Å²) in [4.78, 5) is 8.90. The molecule has 7 heteroatoms. The van der Waals surface area contributed by atoms with Crippen molar-refractivity contribution in [1.29, 1.82) is 0 Å². The zero-order valence-corrected chi connectivity index (χ0v) is 6.55. The second-order valence-electron chi connectivity index (χ2n) is 1.74. The second kappa shape index (κ2) is 5.78. The van der Waals surface area contributed by atoms with Gasteiger partial charge in [-0.3, -0.25) is 0 Å². The molecule has 3 N–H and O–H groups in total. The van der Waals surface area contributed by atoms with Crippen LogP contribution in [0.2, 0.25) is 0 Å². The van der Waals surface area contributed by atoms with Crippen LogP contribution in [-0.2, 0) is 9.53 Å². The van der Waals surface area contributed by atoms with Gasteiger partial charge in [0.05, 0.1) is 0 Å². The van der Waals surface area contributed by atoms with E-state index in [1.54, 1.807) is 14.0 Å². The lowest BCUT2D eigenvalue weighted by Crippen LogP contribution is -2.21. The molecule has 0 aromatic rings. The predicted molar refractivity (Wildman–Crippen MR) is 34.3 cm³/mol. The largest absolute Gasteiger partial charge is 0.490 e. The van der Waals surface area contributed by atoms with Gasteiger partial charge in [0, 0.05) is 7.11 Å². The lowest BCUT2D eigenvalue weighted by molar-refractivity contribution is -0.192. The molecule has 0 spiro atoms. The van der Waals surface area contributed by atoms with E-state index in [9.17, 15) is 13.2 Å². The van der Waals surface area contributed by atoms with E-state index in [2.05, 4.69) is 4.74 Å². The van der Waals surface area contributed by atoms with E-state index in [-0.39, 0.29) is 6.23 Å². The SMILES string of the molecule is COC(C)N.O=C(O)C(F)(F)F. The Labute approximate surface area is 67.1 Å². The number of halogens is 3. The van der Waals surface area contributed by atoms with Gasteiger partial charge in [-0.05, 0) is 6.92 Å². The lowest BCUT2D eigenvalue weighted by Gasteiger charge is -1.95. The Hall–Kier alpha value is -0.820. The van der Waals surface area contributed by atoms with E-state index in [1.807, 2.05) is 0 Å². The fourth-order valence-corrected chi connectivity index (χ4v) is 0. The van der Waals surface area contributed by atoms with Crippen LogP contribution >= 0.6 is 0 Å². The molecule has 0 aliphatic carbocycles. The van der Waals surface area contributed by atoms with Crippen LogP contribution in [0, 0.1) is 0 Å². The van der Waals surface area contributed by atoms with Crippen molar-refractivity contribution in [2.75, 3.05) is 7.11 Å². The molecule has 0 amide bonds. The summed E-state index contributed by atoms with van der Waals surface area (Å²) in [5.74, 6) is -2.76. The number of carboxylic acid groups (broad SMARTS) is 1. The maximum Gasteiger partial charge on any atom is 0.490 e. The number of ether oxygens (including phenoxy) is 1. The van der Waals surface area contributed by atoms with Gasteiger partial charge in [-0.15, -0.1) is 0 Å². The summed E-state index contributed by atoms with van der Waals surface area (Å²) in [5.41, 5.74) is 5.07. The lowest BCUT2D eigenvalue weighted by atomic mass is 10.7. The number of rotatable bonds is 1. The minimum atomic E-state index is -5.08. The molecule has 0 aliphatic rings. The van der Waals surface area contributed by atoms with Gasteiger partial charge < -0.3 is 15.6 Å². The normalized spacial score (nSPS) is 12.8. The number of carbonyl (C=O) groups is 1. The van der Waals surface area contributed by atoms with E-state index < -0.39 is 12.1 Å². The van der Waals surface area contributed by atoms with Crippen molar-refractivity contribution in [3.63, 3.8) is 0 Å². The van der Waals surface area contributed by atoms with Crippen LogP contribution in [0.5, 0.6) is 0 Å². The van der Waals surface area contributed by atoms with Gasteiger partial charge in [0.1, 0.15) is 6.23 Å². The predicted octanol–water partition coefficient (Wildman–Crippen LogP) is 0.571. The standard InChI is InChI=1S/C3H9NO.C2HF3O2/c1-3(4)5-2;3-2(4,5)1(6)7/h3H,4H2,1-2H3;(H,6,7). The highest BCUT2D eigenvalue weighted by atomic mass is 19.4. The van der Waals surface area contributed by atoms with Crippen molar-refractivity contribution in [1.82, 2.24) is 0 Å². The van der Waals surface area contributed by atoms with Crippen molar-refractivity contribution in [2.45, 2.75) is 19.3 Å². The first-order chi connectivity index (χ1) is 5.21. The molecule has 0 saturated carbocycles. The van der Waals surface area contributed by atoms with E-state index in [4.69, 9.17) is 15.6 Å². The number of hydrogen-bond acceptors (Lipinski definition) is 3. The van der Waals surface area contributed by atoms with Crippen LogP contribution in [0.25, 0.3) is 0 Å². The summed E-state index contributed by atoms with van der Waals surface area (Å²) in [6.07, 6.45) is -5.20.